The monoisotopic (exact) mass is 331 g/mol. The van der Waals surface area contributed by atoms with Gasteiger partial charge in [0.2, 0.25) is 0 Å². The van der Waals surface area contributed by atoms with E-state index in [4.69, 9.17) is 4.74 Å². The average Bonchev–Trinajstić information content (AvgIpc) is 2.53. The lowest BCUT2D eigenvalue weighted by Gasteiger charge is -2.33. The van der Waals surface area contributed by atoms with Crippen LogP contribution in [-0.2, 0) is 4.74 Å². The maximum atomic E-state index is 12.7. The minimum Gasteiger partial charge on any atom is -0.377 e. The molecule has 7 heteroatoms. The standard InChI is InChI=1S/C17H21N3O4/c1-10(2)20-16(22)13-5-4-12(8-14(13)18-17(20)23)15(21)19-6-7-24-9-11(19)3/h4-5,8,10-11H,6-7,9H2,1-3H3,(H,18,23)/t11-/m0/s1. The van der Waals surface area contributed by atoms with Crippen molar-refractivity contribution in [2.75, 3.05) is 19.8 Å². The fourth-order valence-electron chi connectivity index (χ4n) is 3.03. The van der Waals surface area contributed by atoms with Crippen LogP contribution in [0.15, 0.2) is 27.8 Å². The number of carbonyl (C=O) groups is 1. The lowest BCUT2D eigenvalue weighted by Crippen LogP contribution is -2.47. The van der Waals surface area contributed by atoms with E-state index >= 15 is 0 Å². The summed E-state index contributed by atoms with van der Waals surface area (Å²) < 4.78 is 6.52. The number of benzene rings is 1. The molecule has 0 bridgehead atoms. The molecule has 0 unspecified atom stereocenters. The summed E-state index contributed by atoms with van der Waals surface area (Å²) >= 11 is 0. The molecule has 1 atom stereocenters. The van der Waals surface area contributed by atoms with Gasteiger partial charge in [-0.2, -0.15) is 0 Å². The third-order valence-corrected chi connectivity index (χ3v) is 4.32. The maximum Gasteiger partial charge on any atom is 0.329 e. The fraction of sp³-hybridized carbons (Fsp3) is 0.471. The summed E-state index contributed by atoms with van der Waals surface area (Å²) in [6.45, 7) is 7.04. The number of aromatic amines is 1. The Balaban J connectivity index is 2.06. The van der Waals surface area contributed by atoms with Crippen molar-refractivity contribution in [1.82, 2.24) is 14.5 Å². The molecule has 1 aliphatic heterocycles. The van der Waals surface area contributed by atoms with Crippen LogP contribution < -0.4 is 11.2 Å². The molecule has 0 saturated carbocycles. The number of amides is 1. The van der Waals surface area contributed by atoms with Crippen molar-refractivity contribution in [3.8, 4) is 0 Å². The Labute approximate surface area is 138 Å². The van der Waals surface area contributed by atoms with Crippen LogP contribution in [0.5, 0.6) is 0 Å². The zero-order chi connectivity index (χ0) is 17.4. The van der Waals surface area contributed by atoms with Crippen molar-refractivity contribution >= 4 is 16.8 Å². The van der Waals surface area contributed by atoms with Crippen LogP contribution in [0, 0.1) is 0 Å². The molecular weight excluding hydrogens is 310 g/mol. The van der Waals surface area contributed by atoms with E-state index in [-0.39, 0.29) is 23.6 Å². The minimum atomic E-state index is -0.466. The molecule has 1 N–H and O–H groups in total. The van der Waals surface area contributed by atoms with Gasteiger partial charge in [0, 0.05) is 18.2 Å². The lowest BCUT2D eigenvalue weighted by atomic mass is 10.1. The number of fused-ring (bicyclic) bond motifs is 1. The van der Waals surface area contributed by atoms with Gasteiger partial charge in [0.25, 0.3) is 11.5 Å². The summed E-state index contributed by atoms with van der Waals surface area (Å²) in [7, 11) is 0. The van der Waals surface area contributed by atoms with Gasteiger partial charge in [-0.15, -0.1) is 0 Å². The van der Waals surface area contributed by atoms with Crippen molar-refractivity contribution in [2.45, 2.75) is 32.9 Å². The Morgan fingerprint density at radius 1 is 1.33 bits per heavy atom. The first kappa shape index (κ1) is 16.4. The van der Waals surface area contributed by atoms with E-state index < -0.39 is 5.69 Å². The SMILES string of the molecule is CC(C)n1c(=O)[nH]c2cc(C(=O)N3CCOC[C@@H]3C)ccc2c1=O. The molecular formula is C17H21N3O4. The van der Waals surface area contributed by atoms with Crippen molar-refractivity contribution < 1.29 is 9.53 Å². The number of morpholine rings is 1. The predicted octanol–water partition coefficient (Wildman–Crippen LogP) is 1.13. The van der Waals surface area contributed by atoms with Crippen molar-refractivity contribution in [1.29, 1.82) is 0 Å². The highest BCUT2D eigenvalue weighted by atomic mass is 16.5. The number of hydrogen-bond donors (Lipinski definition) is 1. The van der Waals surface area contributed by atoms with Gasteiger partial charge in [0.1, 0.15) is 0 Å². The molecule has 128 valence electrons. The van der Waals surface area contributed by atoms with Gasteiger partial charge in [-0.05, 0) is 39.0 Å². The van der Waals surface area contributed by atoms with Crippen LogP contribution >= 0.6 is 0 Å². The van der Waals surface area contributed by atoms with Crippen LogP contribution in [0.2, 0.25) is 0 Å². The van der Waals surface area contributed by atoms with E-state index in [1.54, 1.807) is 36.9 Å². The number of aromatic nitrogens is 2. The molecule has 0 aliphatic carbocycles. The van der Waals surface area contributed by atoms with Gasteiger partial charge in [0.15, 0.2) is 0 Å². The molecule has 7 nitrogen and oxygen atoms in total. The van der Waals surface area contributed by atoms with E-state index in [0.717, 1.165) is 0 Å². The number of H-pyrrole nitrogens is 1. The van der Waals surface area contributed by atoms with Gasteiger partial charge in [0.05, 0.1) is 30.2 Å². The summed E-state index contributed by atoms with van der Waals surface area (Å²) in [5, 5.41) is 0.398. The minimum absolute atomic E-state index is 0.00469. The van der Waals surface area contributed by atoms with Crippen molar-refractivity contribution in [2.24, 2.45) is 0 Å². The van der Waals surface area contributed by atoms with Crippen LogP contribution in [0.3, 0.4) is 0 Å². The smallest absolute Gasteiger partial charge is 0.329 e. The summed E-state index contributed by atoms with van der Waals surface area (Å²) in [5.74, 6) is -0.124. The van der Waals surface area contributed by atoms with Gasteiger partial charge < -0.3 is 14.6 Å². The molecule has 2 heterocycles. The molecule has 24 heavy (non-hydrogen) atoms. The van der Waals surface area contributed by atoms with Crippen LogP contribution in [0.25, 0.3) is 10.9 Å². The van der Waals surface area contributed by atoms with Gasteiger partial charge >= 0.3 is 5.69 Å². The first-order valence-corrected chi connectivity index (χ1v) is 8.07. The largest absolute Gasteiger partial charge is 0.377 e. The summed E-state index contributed by atoms with van der Waals surface area (Å²) in [6, 6.07) is 4.58. The molecule has 1 amide bonds. The van der Waals surface area contributed by atoms with Crippen LogP contribution in [-0.4, -0.2) is 46.2 Å². The molecule has 1 fully saturated rings. The summed E-state index contributed by atoms with van der Waals surface area (Å²) in [4.78, 5) is 41.7. The zero-order valence-electron chi connectivity index (χ0n) is 14.0. The highest BCUT2D eigenvalue weighted by Gasteiger charge is 2.25. The highest BCUT2D eigenvalue weighted by molar-refractivity contribution is 5.97. The van der Waals surface area contributed by atoms with Gasteiger partial charge in [-0.3, -0.25) is 14.2 Å². The Morgan fingerprint density at radius 3 is 2.75 bits per heavy atom. The van der Waals surface area contributed by atoms with E-state index in [1.165, 1.54) is 4.57 Å². The molecule has 0 spiro atoms. The molecule has 1 saturated heterocycles. The highest BCUT2D eigenvalue weighted by Crippen LogP contribution is 2.15. The van der Waals surface area contributed by atoms with Crippen LogP contribution in [0.4, 0.5) is 0 Å². The summed E-state index contributed by atoms with van der Waals surface area (Å²) in [6.07, 6.45) is 0. The average molecular weight is 331 g/mol. The van der Waals surface area contributed by atoms with Gasteiger partial charge in [-0.25, -0.2) is 4.79 Å². The Bertz CT molecular complexity index is 897. The topological polar surface area (TPSA) is 84.4 Å². The van der Waals surface area contributed by atoms with Crippen molar-refractivity contribution in [3.63, 3.8) is 0 Å². The normalized spacial score (nSPS) is 18.3. The number of carbonyl (C=O) groups excluding carboxylic acids is 1. The first-order valence-electron chi connectivity index (χ1n) is 8.07. The molecule has 1 aromatic carbocycles. The van der Waals surface area contributed by atoms with E-state index in [2.05, 4.69) is 4.98 Å². The Morgan fingerprint density at radius 2 is 2.08 bits per heavy atom. The second kappa shape index (κ2) is 6.24. The number of rotatable bonds is 2. The maximum absolute atomic E-state index is 12.7. The Kier molecular flexibility index (Phi) is 4.28. The third-order valence-electron chi connectivity index (χ3n) is 4.32. The number of hydrogen-bond acceptors (Lipinski definition) is 4. The molecule has 1 aliphatic rings. The quantitative estimate of drug-likeness (QED) is 0.894. The van der Waals surface area contributed by atoms with E-state index in [9.17, 15) is 14.4 Å². The molecule has 2 aromatic rings. The molecule has 1 aromatic heterocycles. The predicted molar refractivity (Wildman–Crippen MR) is 90.5 cm³/mol. The summed E-state index contributed by atoms with van der Waals surface area (Å²) in [5.41, 5.74) is 0.0246. The van der Waals surface area contributed by atoms with E-state index in [0.29, 0.717) is 36.2 Å². The third kappa shape index (κ3) is 2.75. The number of ether oxygens (including phenoxy) is 1. The van der Waals surface area contributed by atoms with Crippen LogP contribution in [0.1, 0.15) is 37.2 Å². The Hall–Kier alpha value is -2.41. The molecule has 0 radical (unpaired) electrons. The van der Waals surface area contributed by atoms with Gasteiger partial charge in [-0.1, -0.05) is 0 Å². The number of nitrogens with one attached hydrogen (secondary N) is 1. The second-order valence-electron chi connectivity index (χ2n) is 6.38. The number of nitrogens with zero attached hydrogens (tertiary/aromatic N) is 2. The van der Waals surface area contributed by atoms with Crippen molar-refractivity contribution in [3.05, 3.63) is 44.6 Å². The zero-order valence-corrected chi connectivity index (χ0v) is 14.0. The first-order chi connectivity index (χ1) is 11.4. The fourth-order valence-corrected chi connectivity index (χ4v) is 3.03. The molecule has 3 rings (SSSR count). The lowest BCUT2D eigenvalue weighted by molar-refractivity contribution is 0.00360. The van der Waals surface area contributed by atoms with E-state index in [1.807, 2.05) is 6.92 Å². The second-order valence-corrected chi connectivity index (χ2v) is 6.38.